The topological polar surface area (TPSA) is 29.5 Å². The molecule has 2 aliphatic rings. The molecule has 0 radical (unpaired) electrons. The first-order valence-electron chi connectivity index (χ1n) is 6.28. The van der Waals surface area contributed by atoms with E-state index in [0.717, 1.165) is 19.3 Å². The Balaban J connectivity index is 2.12. The van der Waals surface area contributed by atoms with Gasteiger partial charge in [0.15, 0.2) is 0 Å². The molecule has 2 heterocycles. The van der Waals surface area contributed by atoms with Crippen LogP contribution < -0.4 is 0 Å². The Morgan fingerprint density at radius 3 is 2.47 bits per heavy atom. The lowest BCUT2D eigenvalue weighted by Crippen LogP contribution is -2.47. The van der Waals surface area contributed by atoms with Gasteiger partial charge in [-0.3, -0.25) is 4.79 Å². The molecule has 0 N–H and O–H groups in total. The third kappa shape index (κ3) is 2.04. The summed E-state index contributed by atoms with van der Waals surface area (Å²) in [5.41, 5.74) is -0.338. The molecule has 3 heteroatoms. The van der Waals surface area contributed by atoms with Crippen LogP contribution in [0.3, 0.4) is 0 Å². The van der Waals surface area contributed by atoms with Gasteiger partial charge in [0.2, 0.25) is 5.91 Å². The molecule has 0 unspecified atom stereocenters. The van der Waals surface area contributed by atoms with Crippen LogP contribution in [0.2, 0.25) is 0 Å². The summed E-state index contributed by atoms with van der Waals surface area (Å²) in [6.45, 7) is 10.6. The van der Waals surface area contributed by atoms with Gasteiger partial charge in [-0.2, -0.15) is 0 Å². The molecule has 2 rings (SSSR count). The first-order chi connectivity index (χ1) is 8.11. The highest BCUT2D eigenvalue weighted by atomic mass is 16.5. The fraction of sp³-hybridized carbons (Fsp3) is 0.643. The predicted molar refractivity (Wildman–Crippen MR) is 67.6 cm³/mol. The molecule has 2 fully saturated rings. The van der Waals surface area contributed by atoms with Crippen LogP contribution >= 0.6 is 0 Å². The van der Waals surface area contributed by atoms with E-state index in [2.05, 4.69) is 13.2 Å². The molecule has 0 aromatic heterocycles. The summed E-state index contributed by atoms with van der Waals surface area (Å²) in [6, 6.07) is 0. The zero-order valence-electron chi connectivity index (χ0n) is 10.5. The Morgan fingerprint density at radius 2 is 2.06 bits per heavy atom. The van der Waals surface area contributed by atoms with E-state index in [1.54, 1.807) is 12.2 Å². The molecule has 0 aromatic carbocycles. The van der Waals surface area contributed by atoms with Crippen LogP contribution in [0.15, 0.2) is 25.3 Å². The number of ether oxygens (including phenoxy) is 1. The molecule has 17 heavy (non-hydrogen) atoms. The Kier molecular flexibility index (Phi) is 3.38. The zero-order chi connectivity index (χ0) is 12.5. The van der Waals surface area contributed by atoms with Gasteiger partial charge in [0.1, 0.15) is 0 Å². The van der Waals surface area contributed by atoms with Crippen molar-refractivity contribution in [1.82, 2.24) is 4.90 Å². The van der Waals surface area contributed by atoms with E-state index in [1.165, 1.54) is 0 Å². The average molecular weight is 235 g/mol. The molecule has 0 aliphatic carbocycles. The van der Waals surface area contributed by atoms with E-state index in [-0.39, 0.29) is 17.4 Å². The third-order valence-corrected chi connectivity index (χ3v) is 3.94. The highest BCUT2D eigenvalue weighted by Crippen LogP contribution is 2.48. The Morgan fingerprint density at radius 1 is 1.41 bits per heavy atom. The fourth-order valence-corrected chi connectivity index (χ4v) is 3.07. The minimum absolute atomic E-state index is 0.108. The summed E-state index contributed by atoms with van der Waals surface area (Å²) >= 11 is 0. The van der Waals surface area contributed by atoms with E-state index >= 15 is 0 Å². The van der Waals surface area contributed by atoms with Crippen LogP contribution in [0.5, 0.6) is 0 Å². The number of carbonyl (C=O) groups is 1. The van der Waals surface area contributed by atoms with Crippen molar-refractivity contribution in [3.8, 4) is 0 Å². The lowest BCUT2D eigenvalue weighted by Gasteiger charge is -2.34. The largest absolute Gasteiger partial charge is 0.374 e. The van der Waals surface area contributed by atoms with Crippen LogP contribution in [0, 0.1) is 5.41 Å². The predicted octanol–water partition coefficient (Wildman–Crippen LogP) is 2.14. The van der Waals surface area contributed by atoms with Crippen LogP contribution in [0.25, 0.3) is 0 Å². The normalized spacial score (nSPS) is 34.6. The first-order valence-corrected chi connectivity index (χ1v) is 6.28. The van der Waals surface area contributed by atoms with Crippen molar-refractivity contribution in [2.45, 2.75) is 38.4 Å². The van der Waals surface area contributed by atoms with Gasteiger partial charge in [-0.15, -0.1) is 13.2 Å². The second kappa shape index (κ2) is 4.65. The monoisotopic (exact) mass is 235 g/mol. The van der Waals surface area contributed by atoms with Crippen molar-refractivity contribution in [3.05, 3.63) is 25.3 Å². The van der Waals surface area contributed by atoms with Crippen molar-refractivity contribution >= 4 is 5.91 Å². The summed E-state index contributed by atoms with van der Waals surface area (Å²) in [5, 5.41) is 0. The number of carbonyl (C=O) groups excluding carboxylic acids is 1. The average Bonchev–Trinajstić information content (AvgIpc) is 2.88. The summed E-state index contributed by atoms with van der Waals surface area (Å²) in [5.74, 6) is 0.185. The second-order valence-corrected chi connectivity index (χ2v) is 5.23. The number of fused-ring (bicyclic) bond motifs is 2. The molecule has 2 saturated heterocycles. The summed E-state index contributed by atoms with van der Waals surface area (Å²) in [4.78, 5) is 14.4. The van der Waals surface area contributed by atoms with Crippen molar-refractivity contribution in [2.75, 3.05) is 13.1 Å². The number of hydrogen-bond donors (Lipinski definition) is 0. The van der Waals surface area contributed by atoms with Gasteiger partial charge in [0, 0.05) is 13.1 Å². The van der Waals surface area contributed by atoms with Gasteiger partial charge < -0.3 is 9.64 Å². The highest BCUT2D eigenvalue weighted by Gasteiger charge is 2.54. The third-order valence-electron chi connectivity index (χ3n) is 3.94. The molecule has 0 spiro atoms. The van der Waals surface area contributed by atoms with E-state index in [4.69, 9.17) is 4.74 Å². The van der Waals surface area contributed by atoms with Crippen LogP contribution in [-0.4, -0.2) is 36.1 Å². The SMILES string of the molecule is C=CCN(CC=C)C(=O)[C@@]1(C)C[C@H]2CC[C@H]1O2. The number of rotatable bonds is 5. The fourth-order valence-electron chi connectivity index (χ4n) is 3.07. The minimum atomic E-state index is -0.338. The van der Waals surface area contributed by atoms with Crippen molar-refractivity contribution < 1.29 is 9.53 Å². The zero-order valence-corrected chi connectivity index (χ0v) is 10.5. The summed E-state index contributed by atoms with van der Waals surface area (Å²) in [7, 11) is 0. The van der Waals surface area contributed by atoms with E-state index in [0.29, 0.717) is 19.2 Å². The Labute approximate surface area is 103 Å². The number of amides is 1. The van der Waals surface area contributed by atoms with Gasteiger partial charge >= 0.3 is 0 Å². The molecule has 0 aromatic rings. The molecule has 0 saturated carbocycles. The van der Waals surface area contributed by atoms with E-state index in [9.17, 15) is 4.79 Å². The van der Waals surface area contributed by atoms with Gasteiger partial charge in [0.05, 0.1) is 17.6 Å². The lowest BCUT2D eigenvalue weighted by molar-refractivity contribution is -0.143. The molecular weight excluding hydrogens is 214 g/mol. The quantitative estimate of drug-likeness (QED) is 0.683. The van der Waals surface area contributed by atoms with Gasteiger partial charge in [-0.1, -0.05) is 12.2 Å². The molecule has 2 aliphatic heterocycles. The van der Waals surface area contributed by atoms with Crippen molar-refractivity contribution in [1.29, 1.82) is 0 Å². The maximum absolute atomic E-state index is 12.6. The standard InChI is InChI=1S/C14H21NO2/c1-4-8-15(9-5-2)13(16)14(3)10-11-6-7-12(14)17-11/h4-5,11-12H,1-2,6-10H2,3H3/t11-,12-,14+/m1/s1. The second-order valence-electron chi connectivity index (χ2n) is 5.23. The highest BCUT2D eigenvalue weighted by molar-refractivity contribution is 5.84. The van der Waals surface area contributed by atoms with E-state index in [1.807, 2.05) is 11.8 Å². The van der Waals surface area contributed by atoms with Crippen LogP contribution in [0.4, 0.5) is 0 Å². The lowest BCUT2D eigenvalue weighted by atomic mass is 9.74. The smallest absolute Gasteiger partial charge is 0.231 e. The molecule has 2 bridgehead atoms. The Hall–Kier alpha value is -1.09. The molecular formula is C14H21NO2. The summed E-state index contributed by atoms with van der Waals surface area (Å²) in [6.07, 6.45) is 6.92. The van der Waals surface area contributed by atoms with Crippen molar-refractivity contribution in [2.24, 2.45) is 5.41 Å². The molecule has 3 nitrogen and oxygen atoms in total. The maximum atomic E-state index is 12.6. The van der Waals surface area contributed by atoms with E-state index < -0.39 is 0 Å². The molecule has 94 valence electrons. The van der Waals surface area contributed by atoms with Gasteiger partial charge in [-0.25, -0.2) is 0 Å². The van der Waals surface area contributed by atoms with Gasteiger partial charge in [0.25, 0.3) is 0 Å². The maximum Gasteiger partial charge on any atom is 0.231 e. The Bertz CT molecular complexity index is 329. The minimum Gasteiger partial charge on any atom is -0.374 e. The molecule has 1 amide bonds. The summed E-state index contributed by atoms with van der Waals surface area (Å²) < 4.78 is 5.82. The number of nitrogens with zero attached hydrogens (tertiary/aromatic N) is 1. The molecule has 3 atom stereocenters. The van der Waals surface area contributed by atoms with Gasteiger partial charge in [-0.05, 0) is 26.2 Å². The van der Waals surface area contributed by atoms with Crippen LogP contribution in [-0.2, 0) is 9.53 Å². The number of hydrogen-bond acceptors (Lipinski definition) is 2. The van der Waals surface area contributed by atoms with Crippen molar-refractivity contribution in [3.63, 3.8) is 0 Å². The van der Waals surface area contributed by atoms with Crippen LogP contribution in [0.1, 0.15) is 26.2 Å². The first kappa shape index (κ1) is 12.4.